The molecule has 2 aromatic carbocycles. The zero-order chi connectivity index (χ0) is 25.2. The topological polar surface area (TPSA) is 94.2 Å². The molecule has 8 nitrogen and oxygen atoms in total. The lowest BCUT2D eigenvalue weighted by Gasteiger charge is -2.32. The highest BCUT2D eigenvalue weighted by Gasteiger charge is 2.23. The summed E-state index contributed by atoms with van der Waals surface area (Å²) in [4.78, 5) is 38.2. The van der Waals surface area contributed by atoms with E-state index >= 15 is 0 Å². The lowest BCUT2D eigenvalue weighted by Crippen LogP contribution is -2.41. The summed E-state index contributed by atoms with van der Waals surface area (Å²) in [5.74, 6) is 1.55. The van der Waals surface area contributed by atoms with Crippen molar-refractivity contribution in [3.05, 3.63) is 53.6 Å². The van der Waals surface area contributed by atoms with E-state index in [9.17, 15) is 14.4 Å². The Labute approximate surface area is 206 Å². The first-order chi connectivity index (χ1) is 16.9. The van der Waals surface area contributed by atoms with E-state index in [1.807, 2.05) is 30.0 Å². The van der Waals surface area contributed by atoms with Gasteiger partial charge in [-0.15, -0.1) is 0 Å². The number of hydrogen-bond donors (Lipinski definition) is 1. The molecule has 0 atom stereocenters. The van der Waals surface area contributed by atoms with Gasteiger partial charge >= 0.3 is 5.97 Å². The van der Waals surface area contributed by atoms with Gasteiger partial charge in [-0.1, -0.05) is 12.1 Å². The van der Waals surface area contributed by atoms with Crippen LogP contribution < -0.4 is 19.5 Å². The smallest absolute Gasteiger partial charge is 0.308 e. The third-order valence-corrected chi connectivity index (χ3v) is 6.03. The molecular formula is C27H34N2O6. The van der Waals surface area contributed by atoms with Crippen LogP contribution in [0.2, 0.25) is 0 Å². The van der Waals surface area contributed by atoms with Crippen molar-refractivity contribution in [1.82, 2.24) is 10.2 Å². The molecular weight excluding hydrogens is 448 g/mol. The van der Waals surface area contributed by atoms with E-state index in [-0.39, 0.29) is 11.8 Å². The van der Waals surface area contributed by atoms with Crippen molar-refractivity contribution in [1.29, 1.82) is 0 Å². The van der Waals surface area contributed by atoms with Crippen LogP contribution in [0.3, 0.4) is 0 Å². The summed E-state index contributed by atoms with van der Waals surface area (Å²) < 4.78 is 16.0. The third-order valence-electron chi connectivity index (χ3n) is 6.03. The molecule has 0 bridgehead atoms. The number of nitrogens with zero attached hydrogens (tertiary/aromatic N) is 1. The van der Waals surface area contributed by atoms with Crippen LogP contribution in [-0.4, -0.2) is 56.0 Å². The molecule has 0 saturated carbocycles. The molecule has 1 saturated heterocycles. The van der Waals surface area contributed by atoms with E-state index in [0.717, 1.165) is 18.4 Å². The number of benzene rings is 2. The third kappa shape index (κ3) is 7.73. The number of hydrogen-bond acceptors (Lipinski definition) is 6. The van der Waals surface area contributed by atoms with E-state index in [2.05, 4.69) is 5.32 Å². The van der Waals surface area contributed by atoms with Crippen molar-refractivity contribution in [3.63, 3.8) is 0 Å². The number of ether oxygens (including phenoxy) is 3. The Hall–Kier alpha value is -3.55. The monoisotopic (exact) mass is 482 g/mol. The molecule has 1 fully saturated rings. The molecule has 2 amide bonds. The Morgan fingerprint density at radius 1 is 1.06 bits per heavy atom. The van der Waals surface area contributed by atoms with Gasteiger partial charge in [0.1, 0.15) is 5.75 Å². The zero-order valence-corrected chi connectivity index (χ0v) is 20.7. The SMILES string of the molecule is CCOc1ccc(CCC(=O)N2CCC(CNC(=O)c3cccc(OC(C)=O)c3)CC2)cc1OC. The highest BCUT2D eigenvalue weighted by atomic mass is 16.5. The highest BCUT2D eigenvalue weighted by Crippen LogP contribution is 2.28. The molecule has 8 heteroatoms. The molecule has 3 rings (SSSR count). The Bertz CT molecular complexity index is 1030. The number of aryl methyl sites for hydroxylation is 1. The minimum Gasteiger partial charge on any atom is -0.493 e. The molecule has 2 aromatic rings. The largest absolute Gasteiger partial charge is 0.493 e. The summed E-state index contributed by atoms with van der Waals surface area (Å²) >= 11 is 0. The van der Waals surface area contributed by atoms with Gasteiger partial charge in [0.2, 0.25) is 5.91 Å². The molecule has 0 aromatic heterocycles. The van der Waals surface area contributed by atoms with E-state index in [1.165, 1.54) is 6.92 Å². The fourth-order valence-corrected chi connectivity index (χ4v) is 4.14. The Balaban J connectivity index is 1.41. The van der Waals surface area contributed by atoms with Gasteiger partial charge in [0, 0.05) is 38.5 Å². The first-order valence-electron chi connectivity index (χ1n) is 12.0. The van der Waals surface area contributed by atoms with Gasteiger partial charge in [0.15, 0.2) is 11.5 Å². The van der Waals surface area contributed by atoms with E-state index < -0.39 is 5.97 Å². The summed E-state index contributed by atoms with van der Waals surface area (Å²) in [6.07, 6.45) is 2.77. The number of carbonyl (C=O) groups is 3. The van der Waals surface area contributed by atoms with Crippen LogP contribution in [0.5, 0.6) is 17.2 Å². The van der Waals surface area contributed by atoms with Crippen molar-refractivity contribution in [2.24, 2.45) is 5.92 Å². The Morgan fingerprint density at radius 2 is 1.83 bits per heavy atom. The standard InChI is InChI=1S/C27H34N2O6/c1-4-34-24-10-8-20(16-25(24)33-3)9-11-26(31)29-14-12-21(13-15-29)18-28-27(32)22-6-5-7-23(17-22)35-19(2)30/h5-8,10,16-17,21H,4,9,11-15,18H2,1-3H3,(H,28,32). The molecule has 0 radical (unpaired) electrons. The van der Waals surface area contributed by atoms with Gasteiger partial charge in [0.05, 0.1) is 13.7 Å². The van der Waals surface area contributed by atoms with Crippen molar-refractivity contribution in [2.75, 3.05) is 33.4 Å². The van der Waals surface area contributed by atoms with Crippen LogP contribution in [0.15, 0.2) is 42.5 Å². The maximum atomic E-state index is 12.7. The highest BCUT2D eigenvalue weighted by molar-refractivity contribution is 5.94. The predicted octanol–water partition coefficient (Wildman–Crippen LogP) is 3.62. The fraction of sp³-hybridized carbons (Fsp3) is 0.444. The van der Waals surface area contributed by atoms with Crippen LogP contribution in [0.1, 0.15) is 49.0 Å². The van der Waals surface area contributed by atoms with Gasteiger partial charge in [-0.25, -0.2) is 0 Å². The van der Waals surface area contributed by atoms with Gasteiger partial charge in [-0.05, 0) is 68.0 Å². The summed E-state index contributed by atoms with van der Waals surface area (Å²) in [6, 6.07) is 12.3. The molecule has 1 aliphatic rings. The number of amides is 2. The second kappa shape index (κ2) is 12.8. The van der Waals surface area contributed by atoms with E-state index in [1.54, 1.807) is 31.4 Å². The van der Waals surface area contributed by atoms with Crippen LogP contribution in [0.4, 0.5) is 0 Å². The molecule has 188 valence electrons. The van der Waals surface area contributed by atoms with Crippen molar-refractivity contribution in [3.8, 4) is 17.2 Å². The van der Waals surface area contributed by atoms with Gasteiger partial charge < -0.3 is 24.4 Å². The molecule has 0 unspecified atom stereocenters. The normalized spacial score (nSPS) is 13.7. The number of piperidine rings is 1. The molecule has 1 N–H and O–H groups in total. The molecule has 35 heavy (non-hydrogen) atoms. The average Bonchev–Trinajstić information content (AvgIpc) is 2.86. The van der Waals surface area contributed by atoms with Crippen molar-refractivity contribution in [2.45, 2.75) is 39.5 Å². The lowest BCUT2D eigenvalue weighted by atomic mass is 9.96. The van der Waals surface area contributed by atoms with Crippen molar-refractivity contribution < 1.29 is 28.6 Å². The minimum absolute atomic E-state index is 0.141. The number of rotatable bonds is 10. The number of likely N-dealkylation sites (tertiary alicyclic amines) is 1. The van der Waals surface area contributed by atoms with Gasteiger partial charge in [0.25, 0.3) is 5.91 Å². The predicted molar refractivity (Wildman–Crippen MR) is 132 cm³/mol. The fourth-order valence-electron chi connectivity index (χ4n) is 4.14. The minimum atomic E-state index is -0.428. The second-order valence-electron chi connectivity index (χ2n) is 8.57. The lowest BCUT2D eigenvalue weighted by molar-refractivity contribution is -0.133. The van der Waals surface area contributed by atoms with Crippen LogP contribution >= 0.6 is 0 Å². The summed E-state index contributed by atoms with van der Waals surface area (Å²) in [7, 11) is 1.61. The van der Waals surface area contributed by atoms with Gasteiger partial charge in [-0.3, -0.25) is 14.4 Å². The van der Waals surface area contributed by atoms with Gasteiger partial charge in [-0.2, -0.15) is 0 Å². The Kier molecular flexibility index (Phi) is 9.52. The summed E-state index contributed by atoms with van der Waals surface area (Å²) in [6.45, 7) is 5.74. The van der Waals surface area contributed by atoms with Crippen LogP contribution in [-0.2, 0) is 16.0 Å². The number of carbonyl (C=O) groups excluding carboxylic acids is 3. The first kappa shape index (κ1) is 26.1. The van der Waals surface area contributed by atoms with Crippen LogP contribution in [0.25, 0.3) is 0 Å². The molecule has 1 aliphatic heterocycles. The van der Waals surface area contributed by atoms with E-state index in [4.69, 9.17) is 14.2 Å². The number of nitrogens with one attached hydrogen (secondary N) is 1. The maximum absolute atomic E-state index is 12.7. The second-order valence-corrected chi connectivity index (χ2v) is 8.57. The average molecular weight is 483 g/mol. The first-order valence-corrected chi connectivity index (χ1v) is 12.0. The number of esters is 1. The molecule has 0 aliphatic carbocycles. The quantitative estimate of drug-likeness (QED) is 0.411. The molecule has 0 spiro atoms. The van der Waals surface area contributed by atoms with Crippen LogP contribution in [0, 0.1) is 5.92 Å². The maximum Gasteiger partial charge on any atom is 0.308 e. The Morgan fingerprint density at radius 3 is 2.51 bits per heavy atom. The van der Waals surface area contributed by atoms with E-state index in [0.29, 0.717) is 67.8 Å². The summed E-state index contributed by atoms with van der Waals surface area (Å²) in [5, 5.41) is 2.96. The zero-order valence-electron chi connectivity index (χ0n) is 20.7. The number of methoxy groups -OCH3 is 1. The molecule has 1 heterocycles. The summed E-state index contributed by atoms with van der Waals surface area (Å²) in [5.41, 5.74) is 1.48. The van der Waals surface area contributed by atoms with Crippen molar-refractivity contribution >= 4 is 17.8 Å².